The molecule has 0 saturated carbocycles. The molecular weight excluding hydrogens is 659 g/mol. The first kappa shape index (κ1) is 31.5. The van der Waals surface area contributed by atoms with Crippen molar-refractivity contribution >= 4 is 48.6 Å². The summed E-state index contributed by atoms with van der Waals surface area (Å²) in [5.41, 5.74) is 16.1. The zero-order valence-electron chi connectivity index (χ0n) is 29.8. The molecule has 1 aromatic heterocycles. The fraction of sp³-hybridized carbons (Fsp3) is 0.0588. The van der Waals surface area contributed by atoms with Crippen molar-refractivity contribution in [1.29, 1.82) is 0 Å². The van der Waals surface area contributed by atoms with Crippen molar-refractivity contribution in [2.75, 3.05) is 4.90 Å². The normalized spacial score (nSPS) is 12.9. The summed E-state index contributed by atoms with van der Waals surface area (Å²) in [4.78, 5) is 2.43. The molecule has 10 rings (SSSR count). The Labute approximate surface area is 315 Å². The van der Waals surface area contributed by atoms with Gasteiger partial charge in [0.15, 0.2) is 0 Å². The van der Waals surface area contributed by atoms with Crippen molar-refractivity contribution in [3.63, 3.8) is 0 Å². The molecule has 0 saturated heterocycles. The molecule has 0 amide bonds. The summed E-state index contributed by atoms with van der Waals surface area (Å²) in [6.07, 6.45) is 0. The summed E-state index contributed by atoms with van der Waals surface area (Å²) in [6, 6.07) is 69.0. The standard InChI is InChI=1S/C51H37NS/c1-51(2)45-19-9-6-17-44(45)50-43(18-12-20-46(50)51)40-15-7-10-21-47(40)52(38-28-23-35(24-29-38)34-13-4-3-5-14-34)39-30-25-36(26-31-39)37-27-32-42-41-16-8-11-22-48(41)53-49(42)33-37/h3-33H,1-2H3. The van der Waals surface area contributed by atoms with Crippen LogP contribution < -0.4 is 4.90 Å². The van der Waals surface area contributed by atoms with Crippen LogP contribution >= 0.6 is 11.3 Å². The first-order chi connectivity index (χ1) is 26.0. The van der Waals surface area contributed by atoms with Gasteiger partial charge in [-0.15, -0.1) is 11.3 Å². The van der Waals surface area contributed by atoms with Crippen LogP contribution in [0.2, 0.25) is 0 Å². The van der Waals surface area contributed by atoms with Crippen LogP contribution in [0, 0.1) is 0 Å². The Bertz CT molecular complexity index is 2790. The lowest BCUT2D eigenvalue weighted by Crippen LogP contribution is -2.14. The predicted octanol–water partition coefficient (Wildman–Crippen LogP) is 14.8. The number of rotatable bonds is 6. The average molecular weight is 696 g/mol. The van der Waals surface area contributed by atoms with Gasteiger partial charge in [-0.05, 0) is 92.5 Å². The van der Waals surface area contributed by atoms with Crippen molar-refractivity contribution in [3.05, 3.63) is 199 Å². The number of thiophene rings is 1. The predicted molar refractivity (Wildman–Crippen MR) is 228 cm³/mol. The van der Waals surface area contributed by atoms with Crippen molar-refractivity contribution in [3.8, 4) is 44.5 Å². The summed E-state index contributed by atoms with van der Waals surface area (Å²) in [5, 5.41) is 2.66. The minimum atomic E-state index is -0.0709. The second-order valence-corrected chi connectivity index (χ2v) is 15.6. The summed E-state index contributed by atoms with van der Waals surface area (Å²) in [5.74, 6) is 0. The van der Waals surface area contributed by atoms with E-state index in [0.29, 0.717) is 0 Å². The van der Waals surface area contributed by atoms with E-state index in [4.69, 9.17) is 0 Å². The molecule has 8 aromatic carbocycles. The largest absolute Gasteiger partial charge is 0.310 e. The maximum absolute atomic E-state index is 2.43. The third-order valence-corrected chi connectivity index (χ3v) is 12.2. The summed E-state index contributed by atoms with van der Waals surface area (Å²) < 4.78 is 2.65. The maximum atomic E-state index is 2.43. The molecule has 1 heterocycles. The quantitative estimate of drug-likeness (QED) is 0.167. The highest BCUT2D eigenvalue weighted by Crippen LogP contribution is 2.53. The highest BCUT2D eigenvalue weighted by molar-refractivity contribution is 7.25. The Hall–Kier alpha value is -6.22. The number of hydrogen-bond donors (Lipinski definition) is 0. The average Bonchev–Trinajstić information content (AvgIpc) is 3.70. The molecule has 1 aliphatic rings. The van der Waals surface area contributed by atoms with Gasteiger partial charge in [-0.2, -0.15) is 0 Å². The molecule has 0 N–H and O–H groups in total. The van der Waals surface area contributed by atoms with Gasteiger partial charge < -0.3 is 4.90 Å². The second-order valence-electron chi connectivity index (χ2n) is 14.5. The van der Waals surface area contributed by atoms with E-state index in [1.54, 1.807) is 0 Å². The van der Waals surface area contributed by atoms with E-state index in [-0.39, 0.29) is 5.41 Å². The number of fused-ring (bicyclic) bond motifs is 6. The minimum absolute atomic E-state index is 0.0709. The van der Waals surface area contributed by atoms with E-state index in [9.17, 15) is 0 Å². The van der Waals surface area contributed by atoms with Crippen LogP contribution in [0.15, 0.2) is 188 Å². The highest BCUT2D eigenvalue weighted by Gasteiger charge is 2.37. The molecular formula is C51H37NS. The minimum Gasteiger partial charge on any atom is -0.310 e. The van der Waals surface area contributed by atoms with Gasteiger partial charge in [0, 0.05) is 42.5 Å². The van der Waals surface area contributed by atoms with Crippen LogP contribution in [0.25, 0.3) is 64.7 Å². The number of para-hydroxylation sites is 1. The smallest absolute Gasteiger partial charge is 0.0540 e. The van der Waals surface area contributed by atoms with E-state index >= 15 is 0 Å². The van der Waals surface area contributed by atoms with E-state index in [1.807, 2.05) is 11.3 Å². The zero-order chi connectivity index (χ0) is 35.5. The lowest BCUT2D eigenvalue weighted by molar-refractivity contribution is 0.660. The molecule has 0 bridgehead atoms. The Morgan fingerprint density at radius 3 is 1.72 bits per heavy atom. The maximum Gasteiger partial charge on any atom is 0.0540 e. The van der Waals surface area contributed by atoms with Crippen molar-refractivity contribution in [1.82, 2.24) is 0 Å². The Morgan fingerprint density at radius 2 is 0.943 bits per heavy atom. The van der Waals surface area contributed by atoms with Gasteiger partial charge >= 0.3 is 0 Å². The van der Waals surface area contributed by atoms with Gasteiger partial charge in [-0.3, -0.25) is 0 Å². The van der Waals surface area contributed by atoms with Gasteiger partial charge in [-0.1, -0.05) is 159 Å². The Balaban J connectivity index is 1.12. The molecule has 252 valence electrons. The first-order valence-corrected chi connectivity index (χ1v) is 19.2. The first-order valence-electron chi connectivity index (χ1n) is 18.3. The van der Waals surface area contributed by atoms with Gasteiger partial charge in [0.25, 0.3) is 0 Å². The highest BCUT2D eigenvalue weighted by atomic mass is 32.1. The van der Waals surface area contributed by atoms with Gasteiger partial charge in [0.1, 0.15) is 0 Å². The monoisotopic (exact) mass is 695 g/mol. The molecule has 9 aromatic rings. The summed E-state index contributed by atoms with van der Waals surface area (Å²) in [7, 11) is 0. The van der Waals surface area contributed by atoms with Crippen LogP contribution in [-0.2, 0) is 5.41 Å². The third kappa shape index (κ3) is 5.21. The number of hydrogen-bond acceptors (Lipinski definition) is 2. The summed E-state index contributed by atoms with van der Waals surface area (Å²) in [6.45, 7) is 4.71. The molecule has 0 aliphatic heterocycles. The molecule has 1 aliphatic carbocycles. The molecule has 0 fully saturated rings. The van der Waals surface area contributed by atoms with Crippen LogP contribution in [0.1, 0.15) is 25.0 Å². The van der Waals surface area contributed by atoms with Crippen LogP contribution in [0.4, 0.5) is 17.1 Å². The molecule has 0 spiro atoms. The molecule has 1 nitrogen and oxygen atoms in total. The number of benzene rings is 8. The Morgan fingerprint density at radius 1 is 0.396 bits per heavy atom. The van der Waals surface area contributed by atoms with Crippen LogP contribution in [-0.4, -0.2) is 0 Å². The lowest BCUT2D eigenvalue weighted by Gasteiger charge is -2.29. The van der Waals surface area contributed by atoms with Crippen molar-refractivity contribution in [2.45, 2.75) is 19.3 Å². The van der Waals surface area contributed by atoms with Crippen LogP contribution in [0.5, 0.6) is 0 Å². The zero-order valence-corrected chi connectivity index (χ0v) is 30.6. The number of anilines is 3. The van der Waals surface area contributed by atoms with E-state index in [2.05, 4.69) is 207 Å². The molecule has 0 unspecified atom stereocenters. The molecule has 53 heavy (non-hydrogen) atoms. The van der Waals surface area contributed by atoms with E-state index in [0.717, 1.165) is 17.1 Å². The van der Waals surface area contributed by atoms with Gasteiger partial charge in [0.2, 0.25) is 0 Å². The van der Waals surface area contributed by atoms with Crippen molar-refractivity contribution in [2.24, 2.45) is 0 Å². The fourth-order valence-corrected chi connectivity index (χ4v) is 9.59. The van der Waals surface area contributed by atoms with Crippen molar-refractivity contribution < 1.29 is 0 Å². The molecule has 0 radical (unpaired) electrons. The van der Waals surface area contributed by atoms with Crippen LogP contribution in [0.3, 0.4) is 0 Å². The van der Waals surface area contributed by atoms with E-state index < -0.39 is 0 Å². The lowest BCUT2D eigenvalue weighted by atomic mass is 9.82. The second kappa shape index (κ2) is 12.5. The topological polar surface area (TPSA) is 3.24 Å². The van der Waals surface area contributed by atoms with Gasteiger partial charge in [0.05, 0.1) is 5.69 Å². The molecule has 2 heteroatoms. The Kier molecular flexibility index (Phi) is 7.42. The SMILES string of the molecule is CC1(C)c2ccccc2-c2c(-c3ccccc3N(c3ccc(-c4ccccc4)cc3)c3ccc(-c4ccc5c(c4)sc4ccccc45)cc3)cccc21. The van der Waals surface area contributed by atoms with E-state index in [1.165, 1.54) is 75.8 Å². The third-order valence-electron chi connectivity index (χ3n) is 11.1. The fourth-order valence-electron chi connectivity index (χ4n) is 8.44. The van der Waals surface area contributed by atoms with Gasteiger partial charge in [-0.25, -0.2) is 0 Å². The summed E-state index contributed by atoms with van der Waals surface area (Å²) >= 11 is 1.87. The number of nitrogens with zero attached hydrogens (tertiary/aromatic N) is 1. The molecule has 0 atom stereocenters.